The molecule has 28 heavy (non-hydrogen) atoms. The van der Waals surface area contributed by atoms with Gasteiger partial charge in [-0.2, -0.15) is 0 Å². The molecule has 2 aliphatic heterocycles. The van der Waals surface area contributed by atoms with E-state index in [1.807, 2.05) is 18.2 Å². The van der Waals surface area contributed by atoms with Gasteiger partial charge >= 0.3 is 12.1 Å². The van der Waals surface area contributed by atoms with Crippen molar-refractivity contribution in [1.82, 2.24) is 10.2 Å². The van der Waals surface area contributed by atoms with Crippen molar-refractivity contribution in [2.24, 2.45) is 0 Å². The summed E-state index contributed by atoms with van der Waals surface area (Å²) >= 11 is 0. The van der Waals surface area contributed by atoms with Crippen molar-refractivity contribution < 1.29 is 28.7 Å². The van der Waals surface area contributed by atoms with Gasteiger partial charge in [-0.25, -0.2) is 4.79 Å². The van der Waals surface area contributed by atoms with Gasteiger partial charge in [0, 0.05) is 32.6 Å². The first-order valence-electron chi connectivity index (χ1n) is 9.09. The van der Waals surface area contributed by atoms with Gasteiger partial charge in [0.1, 0.15) is 6.10 Å². The summed E-state index contributed by atoms with van der Waals surface area (Å²) in [6.45, 7) is 4.03. The quantitative estimate of drug-likeness (QED) is 0.740. The molecule has 0 radical (unpaired) electrons. The highest BCUT2D eigenvalue weighted by atomic mass is 16.6. The van der Waals surface area contributed by atoms with Crippen LogP contribution in [0.1, 0.15) is 25.0 Å². The van der Waals surface area contributed by atoms with Crippen LogP contribution >= 0.6 is 0 Å². The molecule has 1 atom stereocenters. The minimum absolute atomic E-state index is 0.170. The first-order chi connectivity index (χ1) is 13.3. The van der Waals surface area contributed by atoms with Gasteiger partial charge < -0.3 is 19.7 Å². The summed E-state index contributed by atoms with van der Waals surface area (Å²) in [5.74, 6) is -0.880. The summed E-state index contributed by atoms with van der Waals surface area (Å²) < 4.78 is 10.1. The number of carbonyl (C=O) groups is 4. The number of hydrogen-bond donors (Lipinski definition) is 1. The SMILES string of the molecule is CC(=O)NCC1CN(c2ccc3c(c2)CCN(C(=O)COC(C)=O)C3)C(=O)O1. The first-order valence-corrected chi connectivity index (χ1v) is 9.09. The Balaban J connectivity index is 1.63. The fraction of sp³-hybridized carbons (Fsp3) is 0.474. The van der Waals surface area contributed by atoms with Crippen LogP contribution in [0.5, 0.6) is 0 Å². The van der Waals surface area contributed by atoms with E-state index in [0.717, 1.165) is 16.8 Å². The zero-order chi connectivity index (χ0) is 20.3. The summed E-state index contributed by atoms with van der Waals surface area (Å²) in [7, 11) is 0. The molecule has 9 nitrogen and oxygen atoms in total. The van der Waals surface area contributed by atoms with Crippen molar-refractivity contribution in [3.8, 4) is 0 Å². The van der Waals surface area contributed by atoms with Crippen LogP contribution in [0, 0.1) is 0 Å². The molecule has 1 unspecified atom stereocenters. The lowest BCUT2D eigenvalue weighted by Gasteiger charge is -2.29. The van der Waals surface area contributed by atoms with E-state index in [0.29, 0.717) is 26.1 Å². The van der Waals surface area contributed by atoms with E-state index >= 15 is 0 Å². The van der Waals surface area contributed by atoms with Crippen LogP contribution in [-0.2, 0) is 36.8 Å². The van der Waals surface area contributed by atoms with E-state index in [-0.39, 0.29) is 31.1 Å². The lowest BCUT2D eigenvalue weighted by atomic mass is 9.98. The number of nitrogens with one attached hydrogen (secondary N) is 1. The molecule has 3 amide bonds. The predicted molar refractivity (Wildman–Crippen MR) is 98.5 cm³/mol. The Morgan fingerprint density at radius 2 is 2.04 bits per heavy atom. The molecule has 2 aliphatic rings. The highest BCUT2D eigenvalue weighted by molar-refractivity contribution is 5.90. The molecular formula is C19H23N3O6. The van der Waals surface area contributed by atoms with Crippen molar-refractivity contribution in [3.05, 3.63) is 29.3 Å². The summed E-state index contributed by atoms with van der Waals surface area (Å²) in [4.78, 5) is 49.4. The molecule has 2 heterocycles. The number of ether oxygens (including phenoxy) is 2. The Morgan fingerprint density at radius 1 is 1.25 bits per heavy atom. The highest BCUT2D eigenvalue weighted by Gasteiger charge is 2.33. The first kappa shape index (κ1) is 19.7. The smallest absolute Gasteiger partial charge is 0.414 e. The van der Waals surface area contributed by atoms with Crippen LogP contribution < -0.4 is 10.2 Å². The number of nitrogens with zero attached hydrogens (tertiary/aromatic N) is 2. The number of rotatable bonds is 5. The predicted octanol–water partition coefficient (Wildman–Crippen LogP) is 0.596. The van der Waals surface area contributed by atoms with Crippen LogP contribution in [0.3, 0.4) is 0 Å². The lowest BCUT2D eigenvalue weighted by Crippen LogP contribution is -2.38. The Kier molecular flexibility index (Phi) is 5.81. The Labute approximate surface area is 162 Å². The number of amides is 3. The van der Waals surface area contributed by atoms with Crippen molar-refractivity contribution in [3.63, 3.8) is 0 Å². The molecule has 0 aliphatic carbocycles. The third-order valence-electron chi connectivity index (χ3n) is 4.72. The van der Waals surface area contributed by atoms with Crippen LogP contribution in [-0.4, -0.2) is 61.1 Å². The summed E-state index contributed by atoms with van der Waals surface area (Å²) in [5.41, 5.74) is 2.79. The average Bonchev–Trinajstić information content (AvgIpc) is 3.04. The van der Waals surface area contributed by atoms with E-state index in [1.54, 1.807) is 9.80 Å². The van der Waals surface area contributed by atoms with Gasteiger partial charge in [0.2, 0.25) is 5.91 Å². The van der Waals surface area contributed by atoms with Gasteiger partial charge in [0.15, 0.2) is 6.61 Å². The second kappa shape index (κ2) is 8.28. The Bertz CT molecular complexity index is 809. The van der Waals surface area contributed by atoms with E-state index in [9.17, 15) is 19.2 Å². The third kappa shape index (κ3) is 4.59. The number of anilines is 1. The van der Waals surface area contributed by atoms with Gasteiger partial charge in [0.05, 0.1) is 13.1 Å². The van der Waals surface area contributed by atoms with Crippen molar-refractivity contribution >= 4 is 29.6 Å². The largest absolute Gasteiger partial charge is 0.456 e. The lowest BCUT2D eigenvalue weighted by molar-refractivity contribution is -0.150. The van der Waals surface area contributed by atoms with Crippen LogP contribution in [0.15, 0.2) is 18.2 Å². The van der Waals surface area contributed by atoms with E-state index in [1.165, 1.54) is 13.8 Å². The van der Waals surface area contributed by atoms with Gasteiger partial charge in [0.25, 0.3) is 5.91 Å². The van der Waals surface area contributed by atoms with Crippen LogP contribution in [0.2, 0.25) is 0 Å². The molecule has 9 heteroatoms. The molecule has 1 saturated heterocycles. The molecule has 1 aromatic rings. The third-order valence-corrected chi connectivity index (χ3v) is 4.72. The van der Waals surface area contributed by atoms with Gasteiger partial charge in [-0.15, -0.1) is 0 Å². The number of benzene rings is 1. The van der Waals surface area contributed by atoms with Crippen molar-refractivity contribution in [2.45, 2.75) is 32.9 Å². The van der Waals surface area contributed by atoms with Crippen LogP contribution in [0.25, 0.3) is 0 Å². The molecule has 1 aromatic carbocycles. The molecule has 0 bridgehead atoms. The van der Waals surface area contributed by atoms with Crippen molar-refractivity contribution in [2.75, 3.05) is 31.1 Å². The van der Waals surface area contributed by atoms with E-state index in [2.05, 4.69) is 5.32 Å². The fourth-order valence-electron chi connectivity index (χ4n) is 3.27. The number of fused-ring (bicyclic) bond motifs is 1. The van der Waals surface area contributed by atoms with Gasteiger partial charge in [-0.3, -0.25) is 19.3 Å². The molecule has 0 spiro atoms. The van der Waals surface area contributed by atoms with Crippen molar-refractivity contribution in [1.29, 1.82) is 0 Å². The molecule has 150 valence electrons. The average molecular weight is 389 g/mol. The normalized spacial score (nSPS) is 18.4. The Hall–Kier alpha value is -3.10. The number of esters is 1. The fourth-order valence-corrected chi connectivity index (χ4v) is 3.27. The summed E-state index contributed by atoms with van der Waals surface area (Å²) in [6, 6.07) is 5.65. The summed E-state index contributed by atoms with van der Waals surface area (Å²) in [5, 5.41) is 2.65. The number of carbonyl (C=O) groups excluding carboxylic acids is 4. The molecule has 0 saturated carbocycles. The van der Waals surface area contributed by atoms with E-state index in [4.69, 9.17) is 9.47 Å². The van der Waals surface area contributed by atoms with E-state index < -0.39 is 12.1 Å². The maximum absolute atomic E-state index is 12.2. The second-order valence-electron chi connectivity index (χ2n) is 6.85. The Morgan fingerprint density at radius 3 is 2.75 bits per heavy atom. The highest BCUT2D eigenvalue weighted by Crippen LogP contribution is 2.27. The number of cyclic esters (lactones) is 1. The maximum atomic E-state index is 12.2. The molecule has 3 rings (SSSR count). The summed E-state index contributed by atoms with van der Waals surface area (Å²) in [6.07, 6.45) is -0.182. The minimum Gasteiger partial charge on any atom is -0.456 e. The molecule has 1 fully saturated rings. The standard InChI is InChI=1S/C19H23N3O6/c1-12(23)20-8-17-10-22(19(26)28-17)16-4-3-15-9-21(6-5-14(15)7-16)18(25)11-27-13(2)24/h3-4,7,17H,5-6,8-11H2,1-2H3,(H,20,23). The number of hydrogen-bond acceptors (Lipinski definition) is 6. The second-order valence-corrected chi connectivity index (χ2v) is 6.85. The van der Waals surface area contributed by atoms with Gasteiger partial charge in [-0.1, -0.05) is 6.07 Å². The minimum atomic E-state index is -0.482. The molecule has 1 N–H and O–H groups in total. The maximum Gasteiger partial charge on any atom is 0.414 e. The molecule has 0 aromatic heterocycles. The zero-order valence-corrected chi connectivity index (χ0v) is 15.9. The zero-order valence-electron chi connectivity index (χ0n) is 15.9. The molecular weight excluding hydrogens is 366 g/mol. The van der Waals surface area contributed by atoms with Crippen LogP contribution in [0.4, 0.5) is 10.5 Å². The monoisotopic (exact) mass is 389 g/mol. The topological polar surface area (TPSA) is 105 Å². The van der Waals surface area contributed by atoms with Gasteiger partial charge in [-0.05, 0) is 29.7 Å².